The van der Waals surface area contributed by atoms with Crippen LogP contribution in [0.4, 0.5) is 0 Å². The van der Waals surface area contributed by atoms with Crippen molar-refractivity contribution in [3.8, 4) is 11.1 Å². The summed E-state index contributed by atoms with van der Waals surface area (Å²) in [7, 11) is 0. The third kappa shape index (κ3) is 3.43. The molecule has 0 aliphatic heterocycles. The maximum Gasteiger partial charge on any atom is 0.177 e. The Morgan fingerprint density at radius 2 is 1.95 bits per heavy atom. The first kappa shape index (κ1) is 15.5. The van der Waals surface area contributed by atoms with Gasteiger partial charge in [0.25, 0.3) is 0 Å². The average Bonchev–Trinajstić information content (AvgIpc) is 2.54. The maximum atomic E-state index is 11.7. The third-order valence-electron chi connectivity index (χ3n) is 3.54. The minimum absolute atomic E-state index is 0.00233. The summed E-state index contributed by atoms with van der Waals surface area (Å²) in [6, 6.07) is 14.1. The largest absolute Gasteiger partial charge is 0.293 e. The summed E-state index contributed by atoms with van der Waals surface area (Å²) in [5.41, 5.74) is 5.24. The van der Waals surface area contributed by atoms with Crippen molar-refractivity contribution < 1.29 is 4.79 Å². The zero-order valence-corrected chi connectivity index (χ0v) is 13.0. The molecule has 1 nitrogen and oxygen atoms in total. The number of alkyl halides is 1. The SMILES string of the molecule is C=Cc1cc(C(=O)CCl)ccc1-c1ccccc1CCC. The number of aryl methyl sites for hydroxylation is 1. The monoisotopic (exact) mass is 298 g/mol. The molecule has 0 amide bonds. The number of hydrogen-bond acceptors (Lipinski definition) is 1. The smallest absolute Gasteiger partial charge is 0.177 e. The summed E-state index contributed by atoms with van der Waals surface area (Å²) in [5, 5.41) is 0. The molecule has 2 heteroatoms. The van der Waals surface area contributed by atoms with Crippen LogP contribution in [0.2, 0.25) is 0 Å². The van der Waals surface area contributed by atoms with E-state index in [1.807, 2.05) is 24.3 Å². The lowest BCUT2D eigenvalue weighted by Crippen LogP contribution is -2.01. The average molecular weight is 299 g/mol. The van der Waals surface area contributed by atoms with Crippen LogP contribution in [0.1, 0.15) is 34.8 Å². The van der Waals surface area contributed by atoms with Crippen molar-refractivity contribution in [3.05, 3.63) is 65.7 Å². The van der Waals surface area contributed by atoms with Crippen LogP contribution in [-0.2, 0) is 6.42 Å². The van der Waals surface area contributed by atoms with Gasteiger partial charge in [0.2, 0.25) is 0 Å². The second-order valence-electron chi connectivity index (χ2n) is 4.97. The zero-order chi connectivity index (χ0) is 15.2. The molecule has 0 atom stereocenters. The Bertz CT molecular complexity index is 658. The van der Waals surface area contributed by atoms with E-state index in [1.165, 1.54) is 11.1 Å². The van der Waals surface area contributed by atoms with Crippen LogP contribution in [0.5, 0.6) is 0 Å². The van der Waals surface area contributed by atoms with Crippen molar-refractivity contribution in [2.24, 2.45) is 0 Å². The molecule has 0 spiro atoms. The number of ketones is 1. The molecule has 21 heavy (non-hydrogen) atoms. The summed E-state index contributed by atoms with van der Waals surface area (Å²) in [6.45, 7) is 6.05. The lowest BCUT2D eigenvalue weighted by atomic mass is 9.92. The van der Waals surface area contributed by atoms with Crippen molar-refractivity contribution in [2.45, 2.75) is 19.8 Å². The number of Topliss-reactive ketones (excluding diaryl/α,β-unsaturated/α-hetero) is 1. The Kier molecular flexibility index (Phi) is 5.35. The molecule has 2 aromatic rings. The highest BCUT2D eigenvalue weighted by Crippen LogP contribution is 2.29. The Balaban J connectivity index is 2.54. The Labute approximate surface area is 131 Å². The van der Waals surface area contributed by atoms with Crippen molar-refractivity contribution >= 4 is 23.5 Å². The van der Waals surface area contributed by atoms with Crippen LogP contribution < -0.4 is 0 Å². The van der Waals surface area contributed by atoms with Crippen molar-refractivity contribution in [2.75, 3.05) is 5.88 Å². The highest BCUT2D eigenvalue weighted by molar-refractivity contribution is 6.30. The predicted molar refractivity (Wildman–Crippen MR) is 91.0 cm³/mol. The van der Waals surface area contributed by atoms with Crippen LogP contribution in [0.3, 0.4) is 0 Å². The van der Waals surface area contributed by atoms with Gasteiger partial charge in [0.15, 0.2) is 5.78 Å². The first-order valence-corrected chi connectivity index (χ1v) is 7.68. The summed E-state index contributed by atoms with van der Waals surface area (Å²) >= 11 is 5.63. The molecule has 0 unspecified atom stereocenters. The first-order valence-electron chi connectivity index (χ1n) is 7.15. The van der Waals surface area contributed by atoms with Gasteiger partial charge in [-0.1, -0.05) is 62.4 Å². The molecule has 0 radical (unpaired) electrons. The minimum Gasteiger partial charge on any atom is -0.293 e. The van der Waals surface area contributed by atoms with Gasteiger partial charge in [-0.15, -0.1) is 11.6 Å². The quantitative estimate of drug-likeness (QED) is 0.517. The molecule has 2 aromatic carbocycles. The molecular formula is C19H19ClO. The standard InChI is InChI=1S/C19H19ClO/c1-3-7-15-8-5-6-9-17(15)18-11-10-16(19(21)13-20)12-14(18)4-2/h4-6,8-12H,2-3,7,13H2,1H3. The fourth-order valence-corrected chi connectivity index (χ4v) is 2.65. The Morgan fingerprint density at radius 3 is 2.62 bits per heavy atom. The van der Waals surface area contributed by atoms with E-state index in [2.05, 4.69) is 31.7 Å². The van der Waals surface area contributed by atoms with Crippen molar-refractivity contribution in [1.82, 2.24) is 0 Å². The molecule has 108 valence electrons. The molecule has 0 aromatic heterocycles. The number of hydrogen-bond donors (Lipinski definition) is 0. The molecule has 0 aliphatic carbocycles. The molecule has 0 heterocycles. The zero-order valence-electron chi connectivity index (χ0n) is 12.2. The van der Waals surface area contributed by atoms with Gasteiger partial charge in [-0.3, -0.25) is 4.79 Å². The van der Waals surface area contributed by atoms with Crippen LogP contribution >= 0.6 is 11.6 Å². The fraction of sp³-hybridized carbons (Fsp3) is 0.211. The van der Waals surface area contributed by atoms with Crippen LogP contribution in [0.25, 0.3) is 17.2 Å². The Morgan fingerprint density at radius 1 is 1.19 bits per heavy atom. The predicted octanol–water partition coefficient (Wildman–Crippen LogP) is 5.37. The molecule has 0 bridgehead atoms. The lowest BCUT2D eigenvalue weighted by molar-refractivity contribution is 0.102. The van der Waals surface area contributed by atoms with E-state index in [0.717, 1.165) is 24.0 Å². The van der Waals surface area contributed by atoms with Crippen LogP contribution in [-0.4, -0.2) is 11.7 Å². The second-order valence-corrected chi connectivity index (χ2v) is 5.24. The fourth-order valence-electron chi connectivity index (χ4n) is 2.50. The summed E-state index contributed by atoms with van der Waals surface area (Å²) in [5.74, 6) is -0.0596. The molecule has 0 aliphatic rings. The number of rotatable bonds is 6. The van der Waals surface area contributed by atoms with Gasteiger partial charge < -0.3 is 0 Å². The topological polar surface area (TPSA) is 17.1 Å². The highest BCUT2D eigenvalue weighted by Gasteiger charge is 2.11. The Hall–Kier alpha value is -1.86. The van der Waals surface area contributed by atoms with E-state index in [0.29, 0.717) is 5.56 Å². The minimum atomic E-state index is -0.0619. The van der Waals surface area contributed by atoms with E-state index in [4.69, 9.17) is 11.6 Å². The molecule has 0 saturated heterocycles. The van der Waals surface area contributed by atoms with Gasteiger partial charge in [0.1, 0.15) is 0 Å². The van der Waals surface area contributed by atoms with Gasteiger partial charge in [-0.05, 0) is 34.7 Å². The highest BCUT2D eigenvalue weighted by atomic mass is 35.5. The van der Waals surface area contributed by atoms with E-state index < -0.39 is 0 Å². The van der Waals surface area contributed by atoms with Crippen LogP contribution in [0.15, 0.2) is 49.0 Å². The van der Waals surface area contributed by atoms with Gasteiger partial charge in [0, 0.05) is 5.56 Å². The number of carbonyl (C=O) groups excluding carboxylic acids is 1. The summed E-state index contributed by atoms with van der Waals surface area (Å²) < 4.78 is 0. The van der Waals surface area contributed by atoms with E-state index in [-0.39, 0.29) is 11.7 Å². The summed E-state index contributed by atoms with van der Waals surface area (Å²) in [6.07, 6.45) is 3.93. The number of carbonyl (C=O) groups is 1. The number of halogens is 1. The van der Waals surface area contributed by atoms with Crippen molar-refractivity contribution in [1.29, 1.82) is 0 Å². The van der Waals surface area contributed by atoms with Crippen molar-refractivity contribution in [3.63, 3.8) is 0 Å². The molecular weight excluding hydrogens is 280 g/mol. The van der Waals surface area contributed by atoms with Gasteiger partial charge in [0.05, 0.1) is 5.88 Å². The van der Waals surface area contributed by atoms with Crippen LogP contribution in [0, 0.1) is 0 Å². The van der Waals surface area contributed by atoms with Gasteiger partial charge in [-0.25, -0.2) is 0 Å². The van der Waals surface area contributed by atoms with E-state index in [1.54, 1.807) is 6.08 Å². The second kappa shape index (κ2) is 7.24. The number of benzene rings is 2. The van der Waals surface area contributed by atoms with Gasteiger partial charge >= 0.3 is 0 Å². The normalized spacial score (nSPS) is 10.4. The lowest BCUT2D eigenvalue weighted by Gasteiger charge is -2.13. The molecule has 0 fully saturated rings. The maximum absolute atomic E-state index is 11.7. The van der Waals surface area contributed by atoms with Gasteiger partial charge in [-0.2, -0.15) is 0 Å². The third-order valence-corrected chi connectivity index (χ3v) is 3.78. The first-order chi connectivity index (χ1) is 10.2. The molecule has 0 saturated carbocycles. The molecule has 0 N–H and O–H groups in total. The summed E-state index contributed by atoms with van der Waals surface area (Å²) in [4.78, 5) is 11.7. The van der Waals surface area contributed by atoms with E-state index >= 15 is 0 Å². The van der Waals surface area contributed by atoms with E-state index in [9.17, 15) is 4.79 Å². The molecule has 2 rings (SSSR count).